The topological polar surface area (TPSA) is 25.2 Å². The second-order valence-corrected chi connectivity index (χ2v) is 6.48. The van der Waals surface area contributed by atoms with Gasteiger partial charge in [-0.2, -0.15) is 0 Å². The summed E-state index contributed by atoms with van der Waals surface area (Å²) in [5, 5.41) is 0. The lowest BCUT2D eigenvalue weighted by Crippen LogP contribution is -2.25. The van der Waals surface area contributed by atoms with Crippen molar-refractivity contribution in [3.05, 3.63) is 57.3 Å². The van der Waals surface area contributed by atoms with Crippen molar-refractivity contribution in [3.63, 3.8) is 0 Å². The molecule has 1 aromatic heterocycles. The number of aromatic nitrogens is 1. The Kier molecular flexibility index (Phi) is 5.01. The van der Waals surface area contributed by atoms with Crippen LogP contribution in [0, 0.1) is 13.8 Å². The molecule has 1 aromatic carbocycles. The number of halogens is 1. The van der Waals surface area contributed by atoms with Crippen LogP contribution in [0.3, 0.4) is 0 Å². The van der Waals surface area contributed by atoms with E-state index in [9.17, 15) is 4.79 Å². The molecule has 0 saturated carbocycles. The third kappa shape index (κ3) is 3.83. The van der Waals surface area contributed by atoms with E-state index in [0.717, 1.165) is 28.0 Å². The maximum Gasteiger partial charge on any atom is 0.178 e. The van der Waals surface area contributed by atoms with Gasteiger partial charge in [0, 0.05) is 35.0 Å². The van der Waals surface area contributed by atoms with E-state index in [1.165, 1.54) is 5.56 Å². The van der Waals surface area contributed by atoms with Crippen molar-refractivity contribution in [2.24, 2.45) is 7.05 Å². The third-order valence-electron chi connectivity index (χ3n) is 3.83. The quantitative estimate of drug-likeness (QED) is 0.769. The molecule has 1 heterocycles. The molecule has 0 aliphatic rings. The molecule has 3 nitrogen and oxygen atoms in total. The molecule has 2 rings (SSSR count). The molecule has 4 heteroatoms. The number of Topliss-reactive ketones (excluding diaryl/α,β-unsaturated/α-hetero) is 1. The van der Waals surface area contributed by atoms with Gasteiger partial charge in [-0.25, -0.2) is 0 Å². The zero-order valence-electron chi connectivity index (χ0n) is 13.0. The highest BCUT2D eigenvalue weighted by molar-refractivity contribution is 9.10. The molecule has 0 fully saturated rings. The summed E-state index contributed by atoms with van der Waals surface area (Å²) in [6, 6.07) is 10.2. The molecule has 112 valence electrons. The number of aryl methyl sites for hydroxylation is 1. The Bertz CT molecular complexity index is 661. The lowest BCUT2D eigenvalue weighted by Gasteiger charge is -2.16. The molecule has 2 aromatic rings. The van der Waals surface area contributed by atoms with Crippen LogP contribution in [0.2, 0.25) is 0 Å². The van der Waals surface area contributed by atoms with Crippen LogP contribution in [0.25, 0.3) is 0 Å². The van der Waals surface area contributed by atoms with Crippen LogP contribution >= 0.6 is 15.9 Å². The number of hydrogen-bond acceptors (Lipinski definition) is 2. The fourth-order valence-electron chi connectivity index (χ4n) is 2.47. The van der Waals surface area contributed by atoms with E-state index < -0.39 is 0 Å². The summed E-state index contributed by atoms with van der Waals surface area (Å²) in [7, 11) is 3.97. The van der Waals surface area contributed by atoms with Crippen LogP contribution < -0.4 is 0 Å². The highest BCUT2D eigenvalue weighted by atomic mass is 79.9. The van der Waals surface area contributed by atoms with Crippen LogP contribution in [0.1, 0.15) is 27.3 Å². The molecule has 21 heavy (non-hydrogen) atoms. The first-order valence-electron chi connectivity index (χ1n) is 6.97. The van der Waals surface area contributed by atoms with Crippen LogP contribution in [-0.2, 0) is 13.6 Å². The molecular formula is C17H21BrN2O. The summed E-state index contributed by atoms with van der Waals surface area (Å²) in [4.78, 5) is 14.5. The minimum atomic E-state index is 0.175. The van der Waals surface area contributed by atoms with Gasteiger partial charge in [-0.1, -0.05) is 28.1 Å². The van der Waals surface area contributed by atoms with E-state index in [2.05, 4.69) is 32.6 Å². The van der Waals surface area contributed by atoms with E-state index in [0.29, 0.717) is 6.54 Å². The number of benzene rings is 1. The summed E-state index contributed by atoms with van der Waals surface area (Å²) in [6.07, 6.45) is 0. The molecule has 0 bridgehead atoms. The van der Waals surface area contributed by atoms with Gasteiger partial charge < -0.3 is 4.57 Å². The van der Waals surface area contributed by atoms with Gasteiger partial charge in [-0.05, 0) is 44.7 Å². The van der Waals surface area contributed by atoms with Crippen molar-refractivity contribution in [2.45, 2.75) is 20.4 Å². The Morgan fingerprint density at radius 3 is 2.57 bits per heavy atom. The molecular weight excluding hydrogens is 328 g/mol. The maximum atomic E-state index is 12.4. The lowest BCUT2D eigenvalue weighted by molar-refractivity contribution is 0.0942. The SMILES string of the molecule is Cc1cc(C(=O)CN(C)Cc2cccc(Br)c2)c(C)n1C. The van der Waals surface area contributed by atoms with Gasteiger partial charge in [0.2, 0.25) is 0 Å². The molecule has 0 N–H and O–H groups in total. The van der Waals surface area contributed by atoms with Crippen LogP contribution in [0.4, 0.5) is 0 Å². The largest absolute Gasteiger partial charge is 0.351 e. The summed E-state index contributed by atoms with van der Waals surface area (Å²) >= 11 is 3.47. The molecule has 0 spiro atoms. The molecule has 0 radical (unpaired) electrons. The number of carbonyl (C=O) groups is 1. The van der Waals surface area contributed by atoms with E-state index in [1.807, 2.05) is 51.0 Å². The second-order valence-electron chi connectivity index (χ2n) is 5.57. The minimum absolute atomic E-state index is 0.175. The number of likely N-dealkylation sites (N-methyl/N-ethyl adjacent to an activating group) is 1. The van der Waals surface area contributed by atoms with E-state index in [1.54, 1.807) is 0 Å². The smallest absolute Gasteiger partial charge is 0.178 e. The summed E-state index contributed by atoms with van der Waals surface area (Å²) in [6.45, 7) is 5.20. The minimum Gasteiger partial charge on any atom is -0.351 e. The van der Waals surface area contributed by atoms with Crippen molar-refractivity contribution in [1.82, 2.24) is 9.47 Å². The predicted octanol–water partition coefficient (Wildman–Crippen LogP) is 3.72. The fraction of sp³-hybridized carbons (Fsp3) is 0.353. The molecule has 0 atom stereocenters. The second kappa shape index (κ2) is 6.58. The Labute approximate surface area is 134 Å². The lowest BCUT2D eigenvalue weighted by atomic mass is 10.1. The monoisotopic (exact) mass is 348 g/mol. The zero-order valence-corrected chi connectivity index (χ0v) is 14.6. The Morgan fingerprint density at radius 2 is 2.00 bits per heavy atom. The normalized spacial score (nSPS) is 11.1. The fourth-order valence-corrected chi connectivity index (χ4v) is 2.92. The van der Waals surface area contributed by atoms with Gasteiger partial charge in [0.05, 0.1) is 6.54 Å². The van der Waals surface area contributed by atoms with Gasteiger partial charge in [-0.15, -0.1) is 0 Å². The number of ketones is 1. The van der Waals surface area contributed by atoms with Crippen molar-refractivity contribution >= 4 is 21.7 Å². The molecule has 0 unspecified atom stereocenters. The van der Waals surface area contributed by atoms with Gasteiger partial charge in [-0.3, -0.25) is 9.69 Å². The molecule has 0 amide bonds. The number of rotatable bonds is 5. The van der Waals surface area contributed by atoms with Gasteiger partial charge >= 0.3 is 0 Å². The average Bonchev–Trinajstić information content (AvgIpc) is 2.66. The highest BCUT2D eigenvalue weighted by Gasteiger charge is 2.15. The summed E-state index contributed by atoms with van der Waals surface area (Å²) in [5.41, 5.74) is 4.18. The number of nitrogens with zero attached hydrogens (tertiary/aromatic N) is 2. The summed E-state index contributed by atoms with van der Waals surface area (Å²) in [5.74, 6) is 0.175. The average molecular weight is 349 g/mol. The van der Waals surface area contributed by atoms with Gasteiger partial charge in [0.15, 0.2) is 5.78 Å². The van der Waals surface area contributed by atoms with Gasteiger partial charge in [0.1, 0.15) is 0 Å². The zero-order chi connectivity index (χ0) is 15.6. The highest BCUT2D eigenvalue weighted by Crippen LogP contribution is 2.16. The number of hydrogen-bond donors (Lipinski definition) is 0. The Morgan fingerprint density at radius 1 is 1.29 bits per heavy atom. The van der Waals surface area contributed by atoms with E-state index >= 15 is 0 Å². The molecule has 0 saturated heterocycles. The first kappa shape index (κ1) is 16.0. The Balaban J connectivity index is 2.03. The maximum absolute atomic E-state index is 12.4. The van der Waals surface area contributed by atoms with E-state index in [4.69, 9.17) is 0 Å². The van der Waals surface area contributed by atoms with Gasteiger partial charge in [0.25, 0.3) is 0 Å². The predicted molar refractivity (Wildman–Crippen MR) is 89.7 cm³/mol. The van der Waals surface area contributed by atoms with E-state index in [-0.39, 0.29) is 5.78 Å². The standard InChI is InChI=1S/C17H21BrN2O/c1-12-8-16(13(2)20(12)4)17(21)11-19(3)10-14-6-5-7-15(18)9-14/h5-9H,10-11H2,1-4H3. The Hall–Kier alpha value is -1.39. The third-order valence-corrected chi connectivity index (χ3v) is 4.32. The molecule has 0 aliphatic heterocycles. The summed E-state index contributed by atoms with van der Waals surface area (Å²) < 4.78 is 3.12. The first-order chi connectivity index (χ1) is 9.88. The van der Waals surface area contributed by atoms with Crippen molar-refractivity contribution in [1.29, 1.82) is 0 Å². The first-order valence-corrected chi connectivity index (χ1v) is 7.77. The van der Waals surface area contributed by atoms with Crippen molar-refractivity contribution in [3.8, 4) is 0 Å². The van der Waals surface area contributed by atoms with Crippen molar-refractivity contribution in [2.75, 3.05) is 13.6 Å². The van der Waals surface area contributed by atoms with Crippen molar-refractivity contribution < 1.29 is 4.79 Å². The van der Waals surface area contributed by atoms with Crippen LogP contribution in [-0.4, -0.2) is 28.8 Å². The number of carbonyl (C=O) groups excluding carboxylic acids is 1. The van der Waals surface area contributed by atoms with Crippen LogP contribution in [0.5, 0.6) is 0 Å². The molecule has 0 aliphatic carbocycles. The van der Waals surface area contributed by atoms with Crippen LogP contribution in [0.15, 0.2) is 34.8 Å².